The summed E-state index contributed by atoms with van der Waals surface area (Å²) in [5, 5.41) is 12.4. The largest absolute Gasteiger partial charge is 0.501 e. The van der Waals surface area contributed by atoms with E-state index in [0.717, 1.165) is 10.8 Å². The predicted molar refractivity (Wildman–Crippen MR) is 66.7 cm³/mol. The van der Waals surface area contributed by atoms with Gasteiger partial charge in [-0.3, -0.25) is 4.79 Å². The second-order valence-corrected chi connectivity index (χ2v) is 4.03. The summed E-state index contributed by atoms with van der Waals surface area (Å²) in [5.74, 6) is -0.840. The number of hydrogen-bond donors (Lipinski definition) is 1. The van der Waals surface area contributed by atoms with Gasteiger partial charge in [0.1, 0.15) is 5.58 Å². The van der Waals surface area contributed by atoms with E-state index < -0.39 is 5.97 Å². The Labute approximate surface area is 102 Å². The highest BCUT2D eigenvalue weighted by Crippen LogP contribution is 2.39. The van der Waals surface area contributed by atoms with E-state index >= 15 is 0 Å². The molecule has 0 bridgehead atoms. The second-order valence-electron chi connectivity index (χ2n) is 4.03. The van der Waals surface area contributed by atoms with Crippen LogP contribution in [0.2, 0.25) is 0 Å². The Balaban J connectivity index is 2.29. The zero-order valence-corrected chi connectivity index (χ0v) is 9.64. The molecule has 1 heterocycles. The summed E-state index contributed by atoms with van der Waals surface area (Å²) >= 11 is 0. The molecule has 0 aliphatic rings. The zero-order chi connectivity index (χ0) is 12.7. The third kappa shape index (κ3) is 1.59. The van der Waals surface area contributed by atoms with Gasteiger partial charge in [0.25, 0.3) is 0 Å². The minimum absolute atomic E-state index is 0.147. The minimum Gasteiger partial charge on any atom is -0.501 e. The maximum Gasteiger partial charge on any atom is 0.337 e. The molecule has 0 fully saturated rings. The standard InChI is InChI=1S/C14H10O4/c1-8(15)17-14-13(16)11-6-9-4-2-3-5-10(9)7-12(11)18-14/h2-7,16H,1H3. The molecule has 2 aromatic carbocycles. The molecule has 18 heavy (non-hydrogen) atoms. The molecule has 0 aliphatic heterocycles. The molecule has 1 aromatic heterocycles. The Morgan fingerprint density at radius 3 is 2.56 bits per heavy atom. The van der Waals surface area contributed by atoms with Crippen LogP contribution in [0.15, 0.2) is 40.8 Å². The van der Waals surface area contributed by atoms with Gasteiger partial charge in [-0.2, -0.15) is 0 Å². The molecule has 0 unspecified atom stereocenters. The fourth-order valence-corrected chi connectivity index (χ4v) is 1.95. The molecule has 0 saturated heterocycles. The predicted octanol–water partition coefficient (Wildman–Crippen LogP) is 3.22. The van der Waals surface area contributed by atoms with Crippen LogP contribution in [-0.4, -0.2) is 11.1 Å². The number of fused-ring (bicyclic) bond motifs is 2. The first-order valence-corrected chi connectivity index (χ1v) is 5.48. The number of carbonyl (C=O) groups excluding carboxylic acids is 1. The molecule has 3 aromatic rings. The molecule has 0 atom stereocenters. The highest BCUT2D eigenvalue weighted by molar-refractivity contribution is 5.99. The SMILES string of the molecule is CC(=O)Oc1oc2cc3ccccc3cc2c1O. The van der Waals surface area contributed by atoms with Gasteiger partial charge in [-0.05, 0) is 22.9 Å². The van der Waals surface area contributed by atoms with Crippen LogP contribution in [0.5, 0.6) is 11.7 Å². The van der Waals surface area contributed by atoms with Crippen molar-refractivity contribution in [1.29, 1.82) is 0 Å². The fourth-order valence-electron chi connectivity index (χ4n) is 1.95. The molecule has 0 radical (unpaired) electrons. The number of esters is 1. The number of hydrogen-bond acceptors (Lipinski definition) is 4. The van der Waals surface area contributed by atoms with E-state index in [0.29, 0.717) is 11.0 Å². The molecule has 3 rings (SSSR count). The first kappa shape index (κ1) is 10.7. The van der Waals surface area contributed by atoms with E-state index in [2.05, 4.69) is 0 Å². The molecule has 0 amide bonds. The van der Waals surface area contributed by atoms with Gasteiger partial charge < -0.3 is 14.3 Å². The van der Waals surface area contributed by atoms with E-state index in [-0.39, 0.29) is 11.7 Å². The Morgan fingerprint density at radius 1 is 1.22 bits per heavy atom. The van der Waals surface area contributed by atoms with Crippen LogP contribution in [0.1, 0.15) is 6.92 Å². The van der Waals surface area contributed by atoms with E-state index in [4.69, 9.17) is 9.15 Å². The number of carbonyl (C=O) groups is 1. The van der Waals surface area contributed by atoms with Crippen molar-refractivity contribution in [2.75, 3.05) is 0 Å². The lowest BCUT2D eigenvalue weighted by molar-refractivity contribution is -0.133. The van der Waals surface area contributed by atoms with E-state index in [1.807, 2.05) is 24.3 Å². The van der Waals surface area contributed by atoms with Crippen molar-refractivity contribution in [3.63, 3.8) is 0 Å². The summed E-state index contributed by atoms with van der Waals surface area (Å²) in [6.07, 6.45) is 0. The Kier molecular flexibility index (Phi) is 2.23. The highest BCUT2D eigenvalue weighted by Gasteiger charge is 2.16. The van der Waals surface area contributed by atoms with Crippen molar-refractivity contribution < 1.29 is 19.1 Å². The van der Waals surface area contributed by atoms with Crippen molar-refractivity contribution in [2.45, 2.75) is 6.92 Å². The molecule has 4 nitrogen and oxygen atoms in total. The van der Waals surface area contributed by atoms with Crippen LogP contribution in [0, 0.1) is 0 Å². The molecule has 4 heteroatoms. The first-order chi connectivity index (χ1) is 8.65. The van der Waals surface area contributed by atoms with Crippen LogP contribution in [0.3, 0.4) is 0 Å². The molecular formula is C14H10O4. The van der Waals surface area contributed by atoms with Crippen LogP contribution < -0.4 is 4.74 Å². The van der Waals surface area contributed by atoms with Crippen LogP contribution >= 0.6 is 0 Å². The maximum absolute atomic E-state index is 10.9. The van der Waals surface area contributed by atoms with Gasteiger partial charge in [-0.1, -0.05) is 24.3 Å². The van der Waals surface area contributed by atoms with Gasteiger partial charge >= 0.3 is 11.9 Å². The maximum atomic E-state index is 10.9. The summed E-state index contributed by atoms with van der Waals surface area (Å²) in [7, 11) is 0. The van der Waals surface area contributed by atoms with Gasteiger partial charge in [-0.15, -0.1) is 0 Å². The summed E-state index contributed by atoms with van der Waals surface area (Å²) in [6.45, 7) is 1.25. The summed E-state index contributed by atoms with van der Waals surface area (Å²) in [6, 6.07) is 11.3. The average Bonchev–Trinajstić information content (AvgIpc) is 2.63. The quantitative estimate of drug-likeness (QED) is 0.665. The number of aromatic hydroxyl groups is 1. The normalized spacial score (nSPS) is 10.9. The van der Waals surface area contributed by atoms with E-state index in [9.17, 15) is 9.90 Å². The van der Waals surface area contributed by atoms with Crippen molar-refractivity contribution in [2.24, 2.45) is 0 Å². The Morgan fingerprint density at radius 2 is 1.89 bits per heavy atom. The lowest BCUT2D eigenvalue weighted by Crippen LogP contribution is -1.99. The lowest BCUT2D eigenvalue weighted by Gasteiger charge is -1.96. The van der Waals surface area contributed by atoms with Crippen molar-refractivity contribution in [3.05, 3.63) is 36.4 Å². The van der Waals surface area contributed by atoms with Crippen molar-refractivity contribution >= 4 is 27.7 Å². The fraction of sp³-hybridized carbons (Fsp3) is 0.0714. The van der Waals surface area contributed by atoms with Gasteiger partial charge in [0.2, 0.25) is 5.75 Å². The molecule has 0 saturated carbocycles. The van der Waals surface area contributed by atoms with Crippen molar-refractivity contribution in [3.8, 4) is 11.7 Å². The topological polar surface area (TPSA) is 59.7 Å². The Bertz CT molecular complexity index is 755. The number of ether oxygens (including phenoxy) is 1. The van der Waals surface area contributed by atoms with Crippen LogP contribution in [0.4, 0.5) is 0 Å². The summed E-state index contributed by atoms with van der Waals surface area (Å²) in [5.41, 5.74) is 0.488. The van der Waals surface area contributed by atoms with Crippen LogP contribution in [0.25, 0.3) is 21.7 Å². The minimum atomic E-state index is -0.533. The van der Waals surface area contributed by atoms with E-state index in [1.54, 1.807) is 12.1 Å². The first-order valence-electron chi connectivity index (χ1n) is 5.48. The Hall–Kier alpha value is -2.49. The van der Waals surface area contributed by atoms with Gasteiger partial charge in [0, 0.05) is 6.92 Å². The number of benzene rings is 2. The molecule has 0 aliphatic carbocycles. The monoisotopic (exact) mass is 242 g/mol. The van der Waals surface area contributed by atoms with E-state index in [1.165, 1.54) is 6.92 Å². The third-order valence-corrected chi connectivity index (χ3v) is 2.74. The molecule has 0 spiro atoms. The zero-order valence-electron chi connectivity index (χ0n) is 9.64. The smallest absolute Gasteiger partial charge is 0.337 e. The molecular weight excluding hydrogens is 232 g/mol. The summed E-state index contributed by atoms with van der Waals surface area (Å²) < 4.78 is 10.1. The molecule has 1 N–H and O–H groups in total. The summed E-state index contributed by atoms with van der Waals surface area (Å²) in [4.78, 5) is 10.9. The van der Waals surface area contributed by atoms with Crippen molar-refractivity contribution in [1.82, 2.24) is 0 Å². The molecule has 90 valence electrons. The number of rotatable bonds is 1. The highest BCUT2D eigenvalue weighted by atomic mass is 16.6. The second kappa shape index (κ2) is 3.77. The third-order valence-electron chi connectivity index (χ3n) is 2.74. The lowest BCUT2D eigenvalue weighted by atomic mass is 10.1. The average molecular weight is 242 g/mol. The van der Waals surface area contributed by atoms with Gasteiger partial charge in [0.05, 0.1) is 5.39 Å². The number of furan rings is 1. The van der Waals surface area contributed by atoms with Gasteiger partial charge in [-0.25, -0.2) is 0 Å². The van der Waals surface area contributed by atoms with Crippen LogP contribution in [-0.2, 0) is 4.79 Å². The van der Waals surface area contributed by atoms with Gasteiger partial charge in [0.15, 0.2) is 0 Å².